The lowest BCUT2D eigenvalue weighted by atomic mass is 10.5. The summed E-state index contributed by atoms with van der Waals surface area (Å²) in [7, 11) is -3.17. The molecule has 0 spiro atoms. The van der Waals surface area contributed by atoms with Crippen LogP contribution in [0.1, 0.15) is 0 Å². The summed E-state index contributed by atoms with van der Waals surface area (Å²) in [5, 5.41) is 0.286. The molecular formula is C5H3ClINO2S. The van der Waals surface area contributed by atoms with Gasteiger partial charge in [-0.15, -0.1) is 0 Å². The molecule has 60 valence electrons. The van der Waals surface area contributed by atoms with Crippen molar-refractivity contribution in [3.63, 3.8) is 0 Å². The average Bonchev–Trinajstić information content (AvgIpc) is 1.86. The fraction of sp³-hybridized carbons (Fsp3) is 0. The molecule has 1 aromatic rings. The van der Waals surface area contributed by atoms with E-state index < -0.39 is 7.01 Å². The highest BCUT2D eigenvalue weighted by Gasteiger charge is 2.07. The van der Waals surface area contributed by atoms with Crippen LogP contribution in [0, 0.1) is 0 Å². The summed E-state index contributed by atoms with van der Waals surface area (Å²) in [6.45, 7) is 0. The maximum Gasteiger partial charge on any atom is 0.232 e. The summed E-state index contributed by atoms with van der Waals surface area (Å²) in [4.78, 5) is 3.80. The van der Waals surface area contributed by atoms with E-state index in [4.69, 9.17) is 11.6 Å². The Labute approximate surface area is 81.3 Å². The molecule has 0 aliphatic rings. The van der Waals surface area contributed by atoms with E-state index in [1.165, 1.54) is 39.5 Å². The molecule has 11 heavy (non-hydrogen) atoms. The Balaban J connectivity index is 3.20. The van der Waals surface area contributed by atoms with E-state index in [1.54, 1.807) is 0 Å². The van der Waals surface area contributed by atoms with Gasteiger partial charge in [0, 0.05) is 6.20 Å². The van der Waals surface area contributed by atoms with E-state index in [2.05, 4.69) is 4.98 Å². The first kappa shape index (κ1) is 9.21. The standard InChI is InChI=1S/C5H3ClINO2S/c6-5-2-1-4(3-8-5)11(7,9)10/h1-3H. The molecular weight excluding hydrogens is 300 g/mol. The van der Waals surface area contributed by atoms with Gasteiger partial charge in [-0.05, 0) is 12.1 Å². The third-order valence-electron chi connectivity index (χ3n) is 0.982. The van der Waals surface area contributed by atoms with E-state index in [1.807, 2.05) is 0 Å². The van der Waals surface area contributed by atoms with Gasteiger partial charge in [-0.1, -0.05) is 11.6 Å². The van der Waals surface area contributed by atoms with Gasteiger partial charge in [0.2, 0.25) is 7.01 Å². The lowest BCUT2D eigenvalue weighted by Gasteiger charge is -1.93. The summed E-state index contributed by atoms with van der Waals surface area (Å²) in [5.74, 6) is 0. The van der Waals surface area contributed by atoms with Crippen LogP contribution in [-0.4, -0.2) is 13.4 Å². The number of aromatic nitrogens is 1. The number of hydrogen-bond donors (Lipinski definition) is 0. The van der Waals surface area contributed by atoms with Crippen molar-refractivity contribution >= 4 is 39.8 Å². The Morgan fingerprint density at radius 2 is 2.09 bits per heavy atom. The summed E-state index contributed by atoms with van der Waals surface area (Å²) in [6.07, 6.45) is 1.23. The van der Waals surface area contributed by atoms with Gasteiger partial charge in [-0.25, -0.2) is 13.4 Å². The van der Waals surface area contributed by atoms with Gasteiger partial charge < -0.3 is 0 Å². The third kappa shape index (κ3) is 2.57. The maximum absolute atomic E-state index is 10.8. The zero-order valence-corrected chi connectivity index (χ0v) is 8.89. The molecule has 0 amide bonds. The van der Waals surface area contributed by atoms with Gasteiger partial charge in [-0.3, -0.25) is 0 Å². The molecule has 0 aromatic carbocycles. The molecule has 1 aromatic heterocycles. The van der Waals surface area contributed by atoms with Gasteiger partial charge in [0.1, 0.15) is 5.15 Å². The number of halogens is 2. The highest BCUT2D eigenvalue weighted by atomic mass is 127. The summed E-state index contributed by atoms with van der Waals surface area (Å²) < 4.78 is 21.7. The van der Waals surface area contributed by atoms with Crippen LogP contribution in [0.25, 0.3) is 0 Å². The van der Waals surface area contributed by atoms with Crippen molar-refractivity contribution in [3.8, 4) is 0 Å². The van der Waals surface area contributed by atoms with Crippen LogP contribution in [0.15, 0.2) is 23.2 Å². The largest absolute Gasteiger partial charge is 0.243 e. The van der Waals surface area contributed by atoms with Gasteiger partial charge in [-0.2, -0.15) is 0 Å². The van der Waals surface area contributed by atoms with E-state index in [9.17, 15) is 8.42 Å². The Hall–Kier alpha value is 0.120. The quantitative estimate of drug-likeness (QED) is 0.452. The highest BCUT2D eigenvalue weighted by Crippen LogP contribution is 2.17. The Morgan fingerprint density at radius 1 is 1.45 bits per heavy atom. The lowest BCUT2D eigenvalue weighted by Crippen LogP contribution is -1.89. The zero-order chi connectivity index (χ0) is 8.48. The second-order valence-corrected chi connectivity index (χ2v) is 6.97. The van der Waals surface area contributed by atoms with Crippen molar-refractivity contribution < 1.29 is 8.42 Å². The van der Waals surface area contributed by atoms with Gasteiger partial charge in [0.15, 0.2) is 0 Å². The van der Waals surface area contributed by atoms with Crippen molar-refractivity contribution in [1.29, 1.82) is 0 Å². The first-order valence-corrected chi connectivity index (χ1v) is 6.97. The minimum atomic E-state index is -3.17. The van der Waals surface area contributed by atoms with Crippen LogP contribution in [0.2, 0.25) is 5.15 Å². The minimum absolute atomic E-state index is 0.169. The zero-order valence-electron chi connectivity index (χ0n) is 5.16. The molecule has 0 bridgehead atoms. The lowest BCUT2D eigenvalue weighted by molar-refractivity contribution is 0.612. The van der Waals surface area contributed by atoms with Gasteiger partial charge in [0.05, 0.1) is 26.1 Å². The molecule has 1 heterocycles. The summed E-state index contributed by atoms with van der Waals surface area (Å²) in [5.41, 5.74) is 0. The van der Waals surface area contributed by atoms with Crippen molar-refractivity contribution in [2.45, 2.75) is 4.90 Å². The van der Waals surface area contributed by atoms with Crippen LogP contribution in [0.3, 0.4) is 0 Å². The Bertz CT molecular complexity index is 347. The number of rotatable bonds is 1. The number of nitrogens with zero attached hydrogens (tertiary/aromatic N) is 1. The molecule has 0 aliphatic carbocycles. The smallest absolute Gasteiger partial charge is 0.232 e. The average molecular weight is 304 g/mol. The molecule has 0 saturated heterocycles. The van der Waals surface area contributed by atoms with Crippen molar-refractivity contribution in [3.05, 3.63) is 23.5 Å². The van der Waals surface area contributed by atoms with Crippen LogP contribution >= 0.6 is 32.8 Å². The van der Waals surface area contributed by atoms with Crippen molar-refractivity contribution in [2.75, 3.05) is 0 Å². The molecule has 0 N–H and O–H groups in total. The molecule has 0 unspecified atom stereocenters. The Kier molecular flexibility index (Phi) is 2.71. The second-order valence-electron chi connectivity index (χ2n) is 1.75. The number of pyridine rings is 1. The van der Waals surface area contributed by atoms with Crippen molar-refractivity contribution in [1.82, 2.24) is 4.98 Å². The molecule has 0 radical (unpaired) electrons. The monoisotopic (exact) mass is 303 g/mol. The maximum atomic E-state index is 10.8. The molecule has 0 fully saturated rings. The Morgan fingerprint density at radius 3 is 2.45 bits per heavy atom. The molecule has 1 rings (SSSR count). The number of hydrogen-bond acceptors (Lipinski definition) is 3. The predicted molar refractivity (Wildman–Crippen MR) is 50.5 cm³/mol. The highest BCUT2D eigenvalue weighted by molar-refractivity contribution is 14.2. The fourth-order valence-electron chi connectivity index (χ4n) is 0.506. The van der Waals surface area contributed by atoms with Crippen LogP contribution in [-0.2, 0) is 7.01 Å². The van der Waals surface area contributed by atoms with Crippen LogP contribution < -0.4 is 0 Å². The van der Waals surface area contributed by atoms with E-state index in [0.29, 0.717) is 0 Å². The van der Waals surface area contributed by atoms with E-state index in [0.717, 1.165) is 0 Å². The minimum Gasteiger partial charge on any atom is -0.243 e. The first-order valence-electron chi connectivity index (χ1n) is 2.56. The van der Waals surface area contributed by atoms with Crippen LogP contribution in [0.4, 0.5) is 0 Å². The molecule has 6 heteroatoms. The molecule has 0 atom stereocenters. The van der Waals surface area contributed by atoms with Crippen molar-refractivity contribution in [2.24, 2.45) is 0 Å². The topological polar surface area (TPSA) is 47.0 Å². The SMILES string of the molecule is O=S(=O)(I)c1ccc(Cl)nc1. The fourth-order valence-corrected chi connectivity index (χ4v) is 1.81. The molecule has 0 saturated carbocycles. The summed E-state index contributed by atoms with van der Waals surface area (Å²) >= 11 is 6.80. The summed E-state index contributed by atoms with van der Waals surface area (Å²) in [6, 6.07) is 2.85. The molecule has 3 nitrogen and oxygen atoms in total. The predicted octanol–water partition coefficient (Wildman–Crippen LogP) is 1.86. The van der Waals surface area contributed by atoms with Gasteiger partial charge >= 0.3 is 0 Å². The normalized spacial score (nSPS) is 11.5. The first-order chi connectivity index (χ1) is 5.00. The van der Waals surface area contributed by atoms with E-state index >= 15 is 0 Å². The van der Waals surface area contributed by atoms with Crippen LogP contribution in [0.5, 0.6) is 0 Å². The second kappa shape index (κ2) is 3.24. The van der Waals surface area contributed by atoms with Gasteiger partial charge in [0.25, 0.3) is 0 Å². The third-order valence-corrected chi connectivity index (χ3v) is 3.54. The molecule has 0 aliphatic heterocycles. The van der Waals surface area contributed by atoms with E-state index in [-0.39, 0.29) is 10.0 Å².